The summed E-state index contributed by atoms with van der Waals surface area (Å²) in [4.78, 5) is 24.3. The number of halogens is 1. The number of carbonyl (C=O) groups is 2. The predicted octanol–water partition coefficient (Wildman–Crippen LogP) is 5.63. The van der Waals surface area contributed by atoms with Crippen LogP contribution < -0.4 is 0 Å². The molecule has 0 bridgehead atoms. The summed E-state index contributed by atoms with van der Waals surface area (Å²) in [5.74, 6) is -1.05. The number of carbonyl (C=O) groups excluding carboxylic acids is 2. The molecule has 1 aliphatic rings. The summed E-state index contributed by atoms with van der Waals surface area (Å²) >= 11 is 3.44. The fraction of sp³-hybridized carbons (Fsp3) is 0.500. The van der Waals surface area contributed by atoms with E-state index in [4.69, 9.17) is 0 Å². The SMILES string of the molecule is O=C1C(=O)c2ccccc2C(O)=C1CCCCCCCCCCBr. The van der Waals surface area contributed by atoms with Crippen LogP contribution in [0.5, 0.6) is 0 Å². The average Bonchev–Trinajstić information content (AvgIpc) is 2.61. The first-order valence-corrected chi connectivity index (χ1v) is 9.95. The van der Waals surface area contributed by atoms with Crippen molar-refractivity contribution in [3.05, 3.63) is 41.0 Å². The van der Waals surface area contributed by atoms with Crippen LogP contribution in [-0.4, -0.2) is 22.0 Å². The van der Waals surface area contributed by atoms with Gasteiger partial charge in [0.25, 0.3) is 0 Å². The lowest BCUT2D eigenvalue weighted by atomic mass is 9.86. The van der Waals surface area contributed by atoms with Crippen molar-refractivity contribution in [2.45, 2.75) is 57.8 Å². The minimum atomic E-state index is -0.541. The molecule has 0 unspecified atom stereocenters. The molecule has 24 heavy (non-hydrogen) atoms. The highest BCUT2D eigenvalue weighted by Gasteiger charge is 2.31. The first-order valence-electron chi connectivity index (χ1n) is 8.83. The monoisotopic (exact) mass is 392 g/mol. The van der Waals surface area contributed by atoms with Crippen LogP contribution in [0.1, 0.15) is 73.7 Å². The molecule has 3 nitrogen and oxygen atoms in total. The first kappa shape index (κ1) is 18.9. The molecule has 4 heteroatoms. The molecule has 1 N–H and O–H groups in total. The molecule has 130 valence electrons. The largest absolute Gasteiger partial charge is 0.507 e. The molecule has 0 fully saturated rings. The molecule has 0 atom stereocenters. The van der Waals surface area contributed by atoms with E-state index in [1.807, 2.05) is 0 Å². The summed E-state index contributed by atoms with van der Waals surface area (Å²) in [6.07, 6.45) is 9.75. The summed E-state index contributed by atoms with van der Waals surface area (Å²) < 4.78 is 0. The Bertz CT molecular complexity index is 619. The number of ketones is 2. The highest BCUT2D eigenvalue weighted by molar-refractivity contribution is 9.09. The van der Waals surface area contributed by atoms with E-state index < -0.39 is 11.6 Å². The minimum Gasteiger partial charge on any atom is -0.507 e. The van der Waals surface area contributed by atoms with Gasteiger partial charge in [0.05, 0.1) is 0 Å². The third kappa shape index (κ3) is 4.79. The first-order chi connectivity index (χ1) is 11.7. The van der Waals surface area contributed by atoms with Crippen molar-refractivity contribution in [3.8, 4) is 0 Å². The summed E-state index contributed by atoms with van der Waals surface area (Å²) in [5.41, 5.74) is 1.09. The van der Waals surface area contributed by atoms with E-state index in [1.54, 1.807) is 24.3 Å². The maximum absolute atomic E-state index is 12.2. The van der Waals surface area contributed by atoms with Gasteiger partial charge in [-0.25, -0.2) is 0 Å². The number of fused-ring (bicyclic) bond motifs is 1. The molecule has 1 aromatic rings. The summed E-state index contributed by atoms with van der Waals surface area (Å²) in [6.45, 7) is 0. The molecule has 2 rings (SSSR count). The lowest BCUT2D eigenvalue weighted by Crippen LogP contribution is -2.24. The number of aliphatic hydroxyl groups excluding tert-OH is 1. The smallest absolute Gasteiger partial charge is 0.234 e. The Morgan fingerprint density at radius 1 is 0.750 bits per heavy atom. The molecule has 0 radical (unpaired) electrons. The maximum atomic E-state index is 12.2. The van der Waals surface area contributed by atoms with Crippen molar-refractivity contribution in [3.63, 3.8) is 0 Å². The van der Waals surface area contributed by atoms with Gasteiger partial charge in [-0.3, -0.25) is 9.59 Å². The van der Waals surface area contributed by atoms with E-state index in [0.29, 0.717) is 17.5 Å². The molecule has 0 saturated carbocycles. The number of rotatable bonds is 10. The third-order valence-corrected chi connectivity index (χ3v) is 5.06. The Morgan fingerprint density at radius 3 is 1.92 bits per heavy atom. The number of unbranched alkanes of at least 4 members (excludes halogenated alkanes) is 7. The van der Waals surface area contributed by atoms with Gasteiger partial charge in [0.2, 0.25) is 11.6 Å². The maximum Gasteiger partial charge on any atom is 0.234 e. The number of allylic oxidation sites excluding steroid dienone is 1. The van der Waals surface area contributed by atoms with Crippen LogP contribution in [0, 0.1) is 0 Å². The van der Waals surface area contributed by atoms with Gasteiger partial charge in [0, 0.05) is 22.0 Å². The Labute approximate surface area is 152 Å². The van der Waals surface area contributed by atoms with Crippen molar-refractivity contribution in [1.82, 2.24) is 0 Å². The molecule has 0 amide bonds. The van der Waals surface area contributed by atoms with E-state index in [2.05, 4.69) is 15.9 Å². The number of Topliss-reactive ketones (excluding diaryl/α,β-unsaturated/α-hetero) is 2. The molecule has 0 aromatic heterocycles. The van der Waals surface area contributed by atoms with Gasteiger partial charge in [-0.05, 0) is 19.3 Å². The summed E-state index contributed by atoms with van der Waals surface area (Å²) in [6, 6.07) is 6.77. The zero-order chi connectivity index (χ0) is 17.4. The molecule has 0 aliphatic heterocycles. The predicted molar refractivity (Wildman–Crippen MR) is 101 cm³/mol. The van der Waals surface area contributed by atoms with Crippen LogP contribution in [0.25, 0.3) is 5.76 Å². The summed E-state index contributed by atoms with van der Waals surface area (Å²) in [7, 11) is 0. The average molecular weight is 393 g/mol. The second-order valence-electron chi connectivity index (χ2n) is 6.30. The van der Waals surface area contributed by atoms with Crippen LogP contribution in [0.4, 0.5) is 0 Å². The van der Waals surface area contributed by atoms with Crippen LogP contribution in [0.2, 0.25) is 0 Å². The second-order valence-corrected chi connectivity index (χ2v) is 7.09. The van der Waals surface area contributed by atoms with E-state index in [0.717, 1.165) is 24.6 Å². The molecule has 0 saturated heterocycles. The molecule has 1 aliphatic carbocycles. The number of hydrogen-bond acceptors (Lipinski definition) is 3. The summed E-state index contributed by atoms with van der Waals surface area (Å²) in [5, 5.41) is 11.4. The van der Waals surface area contributed by atoms with Gasteiger partial charge >= 0.3 is 0 Å². The molecule has 0 heterocycles. The van der Waals surface area contributed by atoms with E-state index in [-0.39, 0.29) is 11.3 Å². The Hall–Kier alpha value is -1.42. The standard InChI is InChI=1S/C20H25BrO3/c21-14-10-6-4-2-1-3-5-7-13-17-18(22)15-11-8-9-12-16(15)19(23)20(17)24/h8-9,11-12,22H,1-7,10,13-14H2. The van der Waals surface area contributed by atoms with Crippen LogP contribution >= 0.6 is 15.9 Å². The van der Waals surface area contributed by atoms with E-state index in [1.165, 1.54) is 32.1 Å². The number of hydrogen-bond donors (Lipinski definition) is 1. The fourth-order valence-electron chi connectivity index (χ4n) is 3.11. The fourth-order valence-corrected chi connectivity index (χ4v) is 3.50. The molecule has 0 spiro atoms. The van der Waals surface area contributed by atoms with Crippen molar-refractivity contribution < 1.29 is 14.7 Å². The van der Waals surface area contributed by atoms with Crippen LogP contribution in [0.3, 0.4) is 0 Å². The van der Waals surface area contributed by atoms with Gasteiger partial charge in [-0.15, -0.1) is 0 Å². The zero-order valence-electron chi connectivity index (χ0n) is 14.0. The highest BCUT2D eigenvalue weighted by Crippen LogP contribution is 2.30. The van der Waals surface area contributed by atoms with Crippen molar-refractivity contribution in [1.29, 1.82) is 0 Å². The number of alkyl halides is 1. The second kappa shape index (κ2) is 9.77. The third-order valence-electron chi connectivity index (χ3n) is 4.50. The minimum absolute atomic E-state index is 0.00928. The van der Waals surface area contributed by atoms with Gasteiger partial charge in [0.1, 0.15) is 5.76 Å². The topological polar surface area (TPSA) is 54.4 Å². The Kier molecular flexibility index (Phi) is 7.70. The highest BCUT2D eigenvalue weighted by atomic mass is 79.9. The van der Waals surface area contributed by atoms with Gasteiger partial charge < -0.3 is 5.11 Å². The Balaban J connectivity index is 1.80. The zero-order valence-corrected chi connectivity index (χ0v) is 15.6. The number of aliphatic hydroxyl groups is 1. The Morgan fingerprint density at radius 2 is 1.29 bits per heavy atom. The van der Waals surface area contributed by atoms with Crippen molar-refractivity contribution in [2.24, 2.45) is 0 Å². The van der Waals surface area contributed by atoms with Gasteiger partial charge in [-0.2, -0.15) is 0 Å². The molecular formula is C20H25BrO3. The van der Waals surface area contributed by atoms with Crippen molar-refractivity contribution >= 4 is 33.3 Å². The lowest BCUT2D eigenvalue weighted by Gasteiger charge is -2.17. The van der Waals surface area contributed by atoms with E-state index in [9.17, 15) is 14.7 Å². The molecule has 1 aromatic carbocycles. The van der Waals surface area contributed by atoms with Crippen molar-refractivity contribution in [2.75, 3.05) is 5.33 Å². The van der Waals surface area contributed by atoms with Crippen LogP contribution in [0.15, 0.2) is 29.8 Å². The lowest BCUT2D eigenvalue weighted by molar-refractivity contribution is -0.112. The molecular weight excluding hydrogens is 368 g/mol. The quantitative estimate of drug-likeness (QED) is 0.319. The van der Waals surface area contributed by atoms with E-state index >= 15 is 0 Å². The van der Waals surface area contributed by atoms with Crippen LogP contribution in [-0.2, 0) is 4.79 Å². The van der Waals surface area contributed by atoms with Gasteiger partial charge in [0.15, 0.2) is 0 Å². The normalized spacial score (nSPS) is 14.2. The number of benzene rings is 1. The van der Waals surface area contributed by atoms with Gasteiger partial charge in [-0.1, -0.05) is 78.7 Å².